The monoisotopic (exact) mass is 1690 g/mol. The van der Waals surface area contributed by atoms with Gasteiger partial charge in [-0.1, -0.05) is 302 Å². The highest BCUT2D eigenvalue weighted by atomic mass is 32.2. The summed E-state index contributed by atoms with van der Waals surface area (Å²) in [5, 5.41) is 60.2. The first-order chi connectivity index (χ1) is 55.8. The molecule has 2 atom stereocenters. The fraction of sp³-hybridized carbons (Fsp3) is 0.485. The second-order valence-electron chi connectivity index (χ2n) is 41.6. The molecule has 0 radical (unpaired) electrons. The van der Waals surface area contributed by atoms with E-state index in [1.54, 1.807) is 71.8 Å². The number of aliphatic hydroxyl groups excluding tert-OH is 1. The second kappa shape index (κ2) is 43.0. The molecule has 2 fully saturated rings. The average Bonchev–Trinajstić information content (AvgIpc) is 1.61. The molecule has 0 saturated heterocycles. The number of carboxylic acids is 3. The Bertz CT molecular complexity index is 4980. The van der Waals surface area contributed by atoms with Crippen molar-refractivity contribution in [2.24, 2.45) is 28.1 Å². The standard InChI is InChI=1S/C15H20.C13H15NO.C11H15NO.C11H20O2.2C11H14O2.C11H16O.C10H13NO3.C10H15NO2S/c1-15(2,3)12-6-7-13-10-4-5-11(8-10)14(13)9-12;1-13(2,3)12-6-10(14-4)5-9-7-15-8-11(9)12;2*1-11(2,3)9-6-4-8(5-7-9)10(12)13;1-11(2,3)9-6-4-5-8(7-9)10(12)13;1-11(2,3)9-7-5-4-6-8(9)10(12)13;1-11(2,3)10-6-4-5-9(7-10)8-12;1-10(2,3)7-4-5-9(12)8(6-7)11(13)14;1-10(2,3)8-4-6-9(7-5-8)14(11,12)13/h6-7,9-11H,4-5,8H2,1-3H3;5-6H,7-8H2,1-3H3;4-7H,1-3H3,(H2,12,13);8-9H,4-7H2,1-3H3,(H,12,13);2*4-7H,1-3H3,(H,12,13);4-7,12H,8H2,1-3H3;4-6,12H,1-3H3;4-7H,1-3H3,(H2,11,12,13). The molecule has 2 unspecified atom stereocenters. The van der Waals surface area contributed by atoms with Crippen molar-refractivity contribution in [3.63, 3.8) is 0 Å². The third-order valence-corrected chi connectivity index (χ3v) is 23.3. The molecule has 12 rings (SSSR count). The fourth-order valence-corrected chi connectivity index (χ4v) is 15.0. The number of primary amides is 1. The molecule has 2 saturated carbocycles. The van der Waals surface area contributed by atoms with Gasteiger partial charge in [-0.15, -0.1) is 0 Å². The molecule has 3 aliphatic carbocycles. The lowest BCUT2D eigenvalue weighted by Crippen LogP contribution is -2.28. The van der Waals surface area contributed by atoms with Crippen molar-refractivity contribution in [1.29, 1.82) is 0 Å². The van der Waals surface area contributed by atoms with Gasteiger partial charge in [-0.05, 0) is 232 Å². The number of carboxylic acid groups (broad SMARTS) is 3. The van der Waals surface area contributed by atoms with Crippen LogP contribution in [0.4, 0.5) is 11.4 Å². The summed E-state index contributed by atoms with van der Waals surface area (Å²) in [5.74, 6) is -0.555. The summed E-state index contributed by atoms with van der Waals surface area (Å²) in [6.45, 7) is 66.0. The summed E-state index contributed by atoms with van der Waals surface area (Å²) in [7, 11) is -3.57. The average molecular weight is 1690 g/mol. The number of carbonyl (C=O) groups excluding carboxylic acids is 1. The number of aromatic carboxylic acids is 2. The second-order valence-corrected chi connectivity index (χ2v) is 43.2. The molecule has 1 aliphatic heterocycles. The lowest BCUT2D eigenvalue weighted by atomic mass is 9.70. The molecule has 122 heavy (non-hydrogen) atoms. The van der Waals surface area contributed by atoms with E-state index in [2.05, 4.69) is 181 Å². The molecule has 0 spiro atoms. The summed E-state index contributed by atoms with van der Waals surface area (Å²) < 4.78 is 27.4. The minimum atomic E-state index is -3.57. The first-order valence-electron chi connectivity index (χ1n) is 42.2. The number of sulfonamides is 1. The highest BCUT2D eigenvalue weighted by Gasteiger charge is 2.38. The van der Waals surface area contributed by atoms with E-state index in [1.807, 2.05) is 96.1 Å². The first kappa shape index (κ1) is 105. The van der Waals surface area contributed by atoms with Crippen LogP contribution in [0.5, 0.6) is 5.75 Å². The molecule has 664 valence electrons. The number of nitro groups is 1. The third kappa shape index (κ3) is 32.8. The molecular formula is C103H142N4O14S. The number of aromatic hydroxyl groups is 1. The minimum Gasteiger partial charge on any atom is -0.502 e. The molecule has 2 bridgehead atoms. The summed E-state index contributed by atoms with van der Waals surface area (Å²) in [6, 6.07) is 52.0. The number of aliphatic hydroxyl groups is 1. The van der Waals surface area contributed by atoms with Crippen LogP contribution in [0, 0.1) is 33.9 Å². The molecule has 9 N–H and O–H groups in total. The number of phenolic OH excluding ortho intramolecular Hbond substituents is 1. The topological polar surface area (TPSA) is 312 Å². The van der Waals surface area contributed by atoms with Crippen LogP contribution < -0.4 is 10.9 Å². The van der Waals surface area contributed by atoms with Crippen molar-refractivity contribution in [3.05, 3.63) is 280 Å². The number of benzene rings is 8. The lowest BCUT2D eigenvalue weighted by Gasteiger charge is -2.35. The number of primary sulfonamides is 1. The summed E-state index contributed by atoms with van der Waals surface area (Å²) >= 11 is 0. The number of nitrogens with two attached hydrogens (primary N) is 2. The maximum atomic E-state index is 11.0. The predicted octanol–water partition coefficient (Wildman–Crippen LogP) is 25.0. The Hall–Kier alpha value is -9.84. The van der Waals surface area contributed by atoms with E-state index in [9.17, 15) is 42.8 Å². The highest BCUT2D eigenvalue weighted by molar-refractivity contribution is 7.89. The number of hydrogen-bond acceptors (Lipinski definition) is 11. The summed E-state index contributed by atoms with van der Waals surface area (Å²) in [4.78, 5) is 56.7. The van der Waals surface area contributed by atoms with E-state index in [1.165, 1.54) is 76.9 Å². The maximum absolute atomic E-state index is 11.0. The third-order valence-electron chi connectivity index (χ3n) is 22.4. The molecule has 19 heteroatoms. The molecule has 0 aromatic heterocycles. The van der Waals surface area contributed by atoms with Crippen LogP contribution in [0.3, 0.4) is 0 Å². The van der Waals surface area contributed by atoms with Gasteiger partial charge in [-0.25, -0.2) is 28.0 Å². The molecular weight excluding hydrogens is 1550 g/mol. The van der Waals surface area contributed by atoms with E-state index >= 15 is 0 Å². The number of nitro benzene ring substituents is 1. The molecule has 4 aliphatic rings. The van der Waals surface area contributed by atoms with Gasteiger partial charge in [0.1, 0.15) is 0 Å². The van der Waals surface area contributed by atoms with Crippen molar-refractivity contribution >= 4 is 45.2 Å². The van der Waals surface area contributed by atoms with Crippen molar-refractivity contribution in [2.45, 2.75) is 312 Å². The summed E-state index contributed by atoms with van der Waals surface area (Å²) in [5.41, 5.74) is 23.6. The number of aliphatic carboxylic acids is 1. The Morgan fingerprint density at radius 1 is 0.484 bits per heavy atom. The van der Waals surface area contributed by atoms with Crippen LogP contribution in [-0.4, -0.2) is 62.7 Å². The van der Waals surface area contributed by atoms with E-state index in [0.717, 1.165) is 71.0 Å². The van der Waals surface area contributed by atoms with Gasteiger partial charge in [0.05, 0.1) is 53.3 Å². The van der Waals surface area contributed by atoms with Gasteiger partial charge in [0, 0.05) is 11.6 Å². The first-order valence-corrected chi connectivity index (χ1v) is 43.7. The molecule has 8 aromatic carbocycles. The van der Waals surface area contributed by atoms with Gasteiger partial charge in [0.25, 0.3) is 0 Å². The Labute approximate surface area is 729 Å². The lowest BCUT2D eigenvalue weighted by molar-refractivity contribution is -0.386. The zero-order chi connectivity index (χ0) is 93.0. The van der Waals surface area contributed by atoms with Gasteiger partial charge in [-0.2, -0.15) is 0 Å². The van der Waals surface area contributed by atoms with Crippen LogP contribution in [0.1, 0.15) is 347 Å². The molecule has 1 heterocycles. The maximum Gasteiger partial charge on any atom is 0.335 e. The quantitative estimate of drug-likeness (QED) is 0.0443. The minimum absolute atomic E-state index is 0.00542. The smallest absolute Gasteiger partial charge is 0.335 e. The number of carbonyl (C=O) groups is 4. The van der Waals surface area contributed by atoms with Crippen molar-refractivity contribution in [3.8, 4) is 5.75 Å². The van der Waals surface area contributed by atoms with E-state index < -0.39 is 32.9 Å². The van der Waals surface area contributed by atoms with Crippen LogP contribution in [0.2, 0.25) is 0 Å². The number of amides is 1. The van der Waals surface area contributed by atoms with Crippen LogP contribution >= 0.6 is 0 Å². The zero-order valence-electron chi connectivity index (χ0n) is 77.9. The fourth-order valence-electron chi connectivity index (χ4n) is 14.5. The molecule has 8 aromatic rings. The Morgan fingerprint density at radius 2 is 0.934 bits per heavy atom. The van der Waals surface area contributed by atoms with Crippen LogP contribution in [0.25, 0.3) is 4.85 Å². The van der Waals surface area contributed by atoms with Gasteiger partial charge < -0.3 is 36.0 Å². The number of hydrogen-bond donors (Lipinski definition) is 7. The summed E-state index contributed by atoms with van der Waals surface area (Å²) in [6.07, 6.45) is 8.22. The number of phenols is 1. The van der Waals surface area contributed by atoms with Crippen LogP contribution in [0.15, 0.2) is 175 Å². The Balaban J connectivity index is 0.000000288. The van der Waals surface area contributed by atoms with Gasteiger partial charge >= 0.3 is 23.6 Å². The zero-order valence-corrected chi connectivity index (χ0v) is 78.7. The Kier molecular flexibility index (Phi) is 36.8. The van der Waals surface area contributed by atoms with Crippen molar-refractivity contribution in [1.82, 2.24) is 0 Å². The number of ether oxygens (including phenoxy) is 1. The Morgan fingerprint density at radius 3 is 1.36 bits per heavy atom. The number of rotatable bonds is 7. The van der Waals surface area contributed by atoms with E-state index in [4.69, 9.17) is 42.6 Å². The SMILES string of the molecule is CC(C)(C)C1CCC(C(=O)O)CC1.CC(C)(C)c1ccc(C(N)=O)cc1.CC(C)(C)c1ccc(O)c([N+](=O)[O-])c1.CC(C)(C)c1ccc(S(N)(=O)=O)cc1.CC(C)(C)c1ccc2c(c1)C1CCC2C1.CC(C)(C)c1cccc(C(=O)O)c1.CC(C)(C)c1cccc(CO)c1.CC(C)(C)c1ccccc1C(=O)O.[C-]#[N+]c1cc2c(c(C(C)(C)C)c1)COC2. The largest absolute Gasteiger partial charge is 0.502 e. The molecule has 18 nitrogen and oxygen atoms in total. The number of fused-ring (bicyclic) bond motifs is 6. The normalized spacial score (nSPS) is 16.0. The van der Waals surface area contributed by atoms with Gasteiger partial charge in [0.2, 0.25) is 15.9 Å². The molecule has 1 amide bonds. The highest BCUT2D eigenvalue weighted by Crippen LogP contribution is 2.54. The van der Waals surface area contributed by atoms with Gasteiger partial charge in [0.15, 0.2) is 11.4 Å². The number of nitrogens with zero attached hydrogens (tertiary/aromatic N) is 2. The predicted molar refractivity (Wildman–Crippen MR) is 496 cm³/mol. The van der Waals surface area contributed by atoms with E-state index in [0.29, 0.717) is 46.7 Å². The van der Waals surface area contributed by atoms with Gasteiger partial charge in [-0.3, -0.25) is 19.7 Å². The van der Waals surface area contributed by atoms with Crippen LogP contribution in [-0.2, 0) is 82.7 Å². The van der Waals surface area contributed by atoms with E-state index in [-0.39, 0.29) is 72.7 Å². The van der Waals surface area contributed by atoms with Crippen molar-refractivity contribution in [2.75, 3.05) is 0 Å². The van der Waals surface area contributed by atoms with Crippen molar-refractivity contribution < 1.29 is 62.8 Å².